The number of unbranched alkanes of at least 4 members (excludes halogenated alkanes) is 24. The smallest absolute Gasteiger partial charge is 0.409 e. The van der Waals surface area contributed by atoms with E-state index in [0.29, 0.717) is 6.61 Å². The molecule has 0 bridgehead atoms. The summed E-state index contributed by atoms with van der Waals surface area (Å²) in [6.45, 7) is 16.0. The first-order valence-electron chi connectivity index (χ1n) is 23.6. The summed E-state index contributed by atoms with van der Waals surface area (Å²) in [4.78, 5) is 17.3. The third kappa shape index (κ3) is 37.8. The van der Waals surface area contributed by atoms with E-state index < -0.39 is 0 Å². The molecule has 0 spiro atoms. The van der Waals surface area contributed by atoms with Crippen LogP contribution in [0.2, 0.25) is 0 Å². The first kappa shape index (κ1) is 52.1. The number of amides is 1. The van der Waals surface area contributed by atoms with E-state index in [9.17, 15) is 9.90 Å². The lowest BCUT2D eigenvalue weighted by atomic mass is 10.1. The van der Waals surface area contributed by atoms with Crippen molar-refractivity contribution in [2.24, 2.45) is 0 Å². The van der Waals surface area contributed by atoms with Gasteiger partial charge < -0.3 is 29.1 Å². The van der Waals surface area contributed by atoms with Crippen LogP contribution in [0.4, 0.5) is 4.79 Å². The predicted molar refractivity (Wildman–Crippen MR) is 228 cm³/mol. The van der Waals surface area contributed by atoms with Crippen LogP contribution < -0.4 is 0 Å². The van der Waals surface area contributed by atoms with Crippen molar-refractivity contribution in [3.05, 3.63) is 0 Å². The number of rotatable bonds is 44. The summed E-state index contributed by atoms with van der Waals surface area (Å²) in [6.07, 6.45) is 37.5. The van der Waals surface area contributed by atoms with E-state index in [2.05, 4.69) is 32.6 Å². The second-order valence-corrected chi connectivity index (χ2v) is 15.8. The van der Waals surface area contributed by atoms with Crippen molar-refractivity contribution >= 4 is 6.09 Å². The van der Waals surface area contributed by atoms with Gasteiger partial charge in [-0.3, -0.25) is 0 Å². The molecule has 0 aliphatic carbocycles. The largest absolute Gasteiger partial charge is 0.449 e. The lowest BCUT2D eigenvalue weighted by molar-refractivity contribution is -0.148. The van der Waals surface area contributed by atoms with E-state index in [1.54, 1.807) is 0 Å². The second-order valence-electron chi connectivity index (χ2n) is 15.8. The molecule has 0 saturated carbocycles. The third-order valence-electron chi connectivity index (χ3n) is 10.6. The zero-order valence-corrected chi connectivity index (χ0v) is 36.3. The molecule has 53 heavy (non-hydrogen) atoms. The van der Waals surface area contributed by atoms with Gasteiger partial charge in [0.1, 0.15) is 0 Å². The molecule has 0 heterocycles. The van der Waals surface area contributed by atoms with Crippen molar-refractivity contribution in [1.29, 1.82) is 0 Å². The molecule has 0 fully saturated rings. The predicted octanol–water partition coefficient (Wildman–Crippen LogP) is 13.3. The van der Waals surface area contributed by atoms with Gasteiger partial charge in [0.05, 0.1) is 13.2 Å². The molecule has 0 rings (SSSR count). The van der Waals surface area contributed by atoms with Crippen LogP contribution >= 0.6 is 0 Å². The molecule has 0 aromatic rings. The first-order chi connectivity index (χ1) is 26.1. The summed E-state index contributed by atoms with van der Waals surface area (Å²) in [7, 11) is 0. The molecule has 0 atom stereocenters. The highest BCUT2D eigenvalue weighted by atomic mass is 16.7. The van der Waals surface area contributed by atoms with Gasteiger partial charge in [-0.15, -0.1) is 0 Å². The van der Waals surface area contributed by atoms with Crippen molar-refractivity contribution < 1.29 is 24.1 Å². The number of carbonyl (C=O) groups is 1. The van der Waals surface area contributed by atoms with Gasteiger partial charge in [-0.05, 0) is 70.9 Å². The van der Waals surface area contributed by atoms with Crippen LogP contribution in [0.25, 0.3) is 0 Å². The van der Waals surface area contributed by atoms with E-state index in [1.807, 2.05) is 4.90 Å². The molecule has 0 saturated heterocycles. The minimum Gasteiger partial charge on any atom is -0.449 e. The average Bonchev–Trinajstić information content (AvgIpc) is 3.16. The van der Waals surface area contributed by atoms with Gasteiger partial charge in [0.2, 0.25) is 0 Å². The van der Waals surface area contributed by atoms with Gasteiger partial charge in [0.25, 0.3) is 0 Å². The fraction of sp³-hybridized carbons (Fsp3) is 0.978. The number of hydrogen-bond acceptors (Lipinski definition) is 6. The number of ether oxygens (including phenoxy) is 3. The van der Waals surface area contributed by atoms with E-state index in [4.69, 9.17) is 14.2 Å². The van der Waals surface area contributed by atoms with Crippen LogP contribution in [-0.2, 0) is 14.2 Å². The molecule has 0 unspecified atom stereocenters. The average molecular weight is 755 g/mol. The van der Waals surface area contributed by atoms with Crippen molar-refractivity contribution in [2.45, 2.75) is 233 Å². The molecule has 1 amide bonds. The number of aliphatic hydroxyl groups is 1. The molecule has 318 valence electrons. The summed E-state index contributed by atoms with van der Waals surface area (Å²) >= 11 is 0. The van der Waals surface area contributed by atoms with Gasteiger partial charge in [-0.25, -0.2) is 4.79 Å². The van der Waals surface area contributed by atoms with Crippen LogP contribution in [-0.4, -0.2) is 86.4 Å². The van der Waals surface area contributed by atoms with Crippen molar-refractivity contribution in [1.82, 2.24) is 9.80 Å². The Hall–Kier alpha value is -0.890. The molecule has 7 heteroatoms. The maximum Gasteiger partial charge on any atom is 0.409 e. The molecule has 0 aromatic carbocycles. The van der Waals surface area contributed by atoms with E-state index in [0.717, 1.165) is 104 Å². The Morgan fingerprint density at radius 2 is 0.792 bits per heavy atom. The lowest BCUT2D eigenvalue weighted by Gasteiger charge is -2.22. The highest BCUT2D eigenvalue weighted by Gasteiger charge is 2.14. The second kappa shape index (κ2) is 43.8. The van der Waals surface area contributed by atoms with Crippen molar-refractivity contribution in [3.63, 3.8) is 0 Å². The summed E-state index contributed by atoms with van der Waals surface area (Å²) < 4.78 is 18.1. The van der Waals surface area contributed by atoms with Crippen LogP contribution in [0, 0.1) is 0 Å². The molecule has 0 aromatic heterocycles. The maximum atomic E-state index is 12.8. The zero-order chi connectivity index (χ0) is 38.7. The summed E-state index contributed by atoms with van der Waals surface area (Å²) in [5, 5.41) is 9.62. The summed E-state index contributed by atoms with van der Waals surface area (Å²) in [5.41, 5.74) is 0. The maximum absolute atomic E-state index is 12.8. The number of nitrogens with zero attached hydrogens (tertiary/aromatic N) is 2. The van der Waals surface area contributed by atoms with Gasteiger partial charge in [0, 0.05) is 32.8 Å². The highest BCUT2D eigenvalue weighted by molar-refractivity contribution is 5.67. The quantitative estimate of drug-likeness (QED) is 0.0493. The Labute approximate surface area is 331 Å². The topological polar surface area (TPSA) is 71.5 Å². The summed E-state index contributed by atoms with van der Waals surface area (Å²) in [6, 6.07) is 0. The van der Waals surface area contributed by atoms with Gasteiger partial charge in [-0.2, -0.15) is 0 Å². The monoisotopic (exact) mass is 755 g/mol. The molecular weight excluding hydrogens is 661 g/mol. The Morgan fingerprint density at radius 1 is 0.434 bits per heavy atom. The third-order valence-corrected chi connectivity index (χ3v) is 10.6. The van der Waals surface area contributed by atoms with Crippen LogP contribution in [0.5, 0.6) is 0 Å². The normalized spacial score (nSPS) is 11.7. The highest BCUT2D eigenvalue weighted by Crippen LogP contribution is 2.15. The number of aliphatic hydroxyl groups excluding tert-OH is 1. The van der Waals surface area contributed by atoms with E-state index >= 15 is 0 Å². The van der Waals surface area contributed by atoms with Crippen molar-refractivity contribution in [3.8, 4) is 0 Å². The minimum atomic E-state index is -0.108. The molecular formula is C46H94N2O5. The van der Waals surface area contributed by atoms with Crippen molar-refractivity contribution in [2.75, 3.05) is 59.2 Å². The van der Waals surface area contributed by atoms with Gasteiger partial charge >= 0.3 is 6.09 Å². The Morgan fingerprint density at radius 3 is 1.25 bits per heavy atom. The molecule has 0 radical (unpaired) electrons. The van der Waals surface area contributed by atoms with Gasteiger partial charge in [0.15, 0.2) is 6.29 Å². The Bertz CT molecular complexity index is 695. The number of carbonyl (C=O) groups excluding carboxylic acids is 1. The van der Waals surface area contributed by atoms with E-state index in [-0.39, 0.29) is 19.0 Å². The Balaban J connectivity index is 4.14. The van der Waals surface area contributed by atoms with Crippen LogP contribution in [0.3, 0.4) is 0 Å². The standard InChI is InChI=1S/C46H94N2O5/c1-5-9-13-17-22-31-39-48(38-30-16-12-8-4)46(50)53-44-34-26-23-29-37-47(40-41-49)36-28-21-19-18-20-27-35-45(51-42-32-24-14-10-6-2)52-43-33-25-15-11-7-3/h45,49H,5-44H2,1-4H3. The zero-order valence-electron chi connectivity index (χ0n) is 36.3. The van der Waals surface area contributed by atoms with Crippen LogP contribution in [0.1, 0.15) is 227 Å². The molecule has 1 N–H and O–H groups in total. The first-order valence-corrected chi connectivity index (χ1v) is 23.6. The molecule has 7 nitrogen and oxygen atoms in total. The fourth-order valence-corrected chi connectivity index (χ4v) is 7.03. The lowest BCUT2D eigenvalue weighted by Crippen LogP contribution is -2.33. The van der Waals surface area contributed by atoms with Gasteiger partial charge in [-0.1, -0.05) is 169 Å². The molecule has 0 aliphatic rings. The minimum absolute atomic E-state index is 0.0235. The number of hydrogen-bond donors (Lipinski definition) is 1. The Kier molecular flexibility index (Phi) is 43.1. The SMILES string of the molecule is CCCCCCCCN(CCCCCC)C(=O)OCCCCCCN(CCO)CCCCCCCCC(OCCCCCCC)OCCCCCCC. The fourth-order valence-electron chi connectivity index (χ4n) is 7.03. The van der Waals surface area contributed by atoms with E-state index in [1.165, 1.54) is 141 Å². The summed E-state index contributed by atoms with van der Waals surface area (Å²) in [5.74, 6) is 0. The molecule has 0 aliphatic heterocycles. The van der Waals surface area contributed by atoms with Crippen LogP contribution in [0.15, 0.2) is 0 Å².